The monoisotopic (exact) mass is 301 g/mol. The van der Waals surface area contributed by atoms with Crippen molar-refractivity contribution in [1.82, 2.24) is 0 Å². The number of nitro groups is 1. The lowest BCUT2D eigenvalue weighted by atomic mass is 10.2. The summed E-state index contributed by atoms with van der Waals surface area (Å²) in [7, 11) is 1.59. The van der Waals surface area contributed by atoms with Crippen molar-refractivity contribution in [2.45, 2.75) is 6.61 Å². The zero-order valence-electron chi connectivity index (χ0n) is 11.9. The Morgan fingerprint density at radius 1 is 1.14 bits per heavy atom. The minimum Gasteiger partial charge on any atom is -0.380 e. The number of hydrogen-bond donors (Lipinski definition) is 2. The quantitative estimate of drug-likeness (QED) is 0.654. The van der Waals surface area contributed by atoms with Crippen molar-refractivity contribution in [2.24, 2.45) is 0 Å². The van der Waals surface area contributed by atoms with E-state index in [0.717, 1.165) is 5.56 Å². The summed E-state index contributed by atoms with van der Waals surface area (Å²) in [6.07, 6.45) is 0. The van der Waals surface area contributed by atoms with Crippen LogP contribution in [0.1, 0.15) is 5.56 Å². The maximum Gasteiger partial charge on any atom is 0.323 e. The molecule has 2 rings (SSSR count). The molecule has 0 saturated heterocycles. The number of nitrogens with one attached hydrogen (secondary N) is 2. The molecule has 0 fully saturated rings. The van der Waals surface area contributed by atoms with Gasteiger partial charge in [-0.3, -0.25) is 10.1 Å². The van der Waals surface area contributed by atoms with E-state index in [-0.39, 0.29) is 5.69 Å². The van der Waals surface area contributed by atoms with Gasteiger partial charge in [-0.15, -0.1) is 0 Å². The lowest BCUT2D eigenvalue weighted by Gasteiger charge is -2.09. The molecular weight excluding hydrogens is 286 g/mol. The smallest absolute Gasteiger partial charge is 0.323 e. The first-order chi connectivity index (χ1) is 10.6. The van der Waals surface area contributed by atoms with E-state index in [4.69, 9.17) is 4.74 Å². The molecule has 0 aliphatic rings. The molecule has 2 aromatic rings. The number of rotatable bonds is 5. The normalized spacial score (nSPS) is 10.0. The first kappa shape index (κ1) is 15.5. The number of anilines is 2. The standard InChI is InChI=1S/C15H15N3O4/c1-22-10-11-4-2-5-12(8-11)16-15(19)17-13-6-3-7-14(9-13)18(20)21/h2-9H,10H2,1H3,(H2,16,17,19). The molecule has 0 heterocycles. The van der Waals surface area contributed by atoms with E-state index < -0.39 is 11.0 Å². The summed E-state index contributed by atoms with van der Waals surface area (Å²) in [5.41, 5.74) is 1.80. The summed E-state index contributed by atoms with van der Waals surface area (Å²) in [6, 6.07) is 12.5. The number of amides is 2. The van der Waals surface area contributed by atoms with Crippen LogP contribution >= 0.6 is 0 Å². The van der Waals surface area contributed by atoms with Crippen LogP contribution in [0.4, 0.5) is 21.9 Å². The predicted octanol–water partition coefficient (Wildman–Crippen LogP) is 3.39. The number of ether oxygens (including phenoxy) is 1. The molecule has 0 saturated carbocycles. The molecule has 0 atom stereocenters. The van der Waals surface area contributed by atoms with Crippen molar-refractivity contribution in [3.05, 3.63) is 64.2 Å². The third-order valence-corrected chi connectivity index (χ3v) is 2.81. The van der Waals surface area contributed by atoms with Crippen LogP contribution in [-0.4, -0.2) is 18.1 Å². The molecule has 2 N–H and O–H groups in total. The lowest BCUT2D eigenvalue weighted by Crippen LogP contribution is -2.19. The minimum absolute atomic E-state index is 0.0834. The van der Waals surface area contributed by atoms with Gasteiger partial charge in [-0.1, -0.05) is 18.2 Å². The molecule has 0 unspecified atom stereocenters. The summed E-state index contributed by atoms with van der Waals surface area (Å²) in [4.78, 5) is 22.1. The van der Waals surface area contributed by atoms with Gasteiger partial charge >= 0.3 is 6.03 Å². The number of non-ortho nitro benzene ring substituents is 1. The number of nitrogens with zero attached hydrogens (tertiary/aromatic N) is 1. The topological polar surface area (TPSA) is 93.5 Å². The third-order valence-electron chi connectivity index (χ3n) is 2.81. The second-order valence-corrected chi connectivity index (χ2v) is 4.52. The first-order valence-corrected chi connectivity index (χ1v) is 6.49. The molecule has 2 amide bonds. The second kappa shape index (κ2) is 7.19. The van der Waals surface area contributed by atoms with Gasteiger partial charge in [0.15, 0.2) is 0 Å². The molecule has 7 nitrogen and oxygen atoms in total. The fraction of sp³-hybridized carbons (Fsp3) is 0.133. The molecule has 0 aliphatic heterocycles. The Morgan fingerprint density at radius 2 is 1.77 bits per heavy atom. The van der Waals surface area contributed by atoms with E-state index in [9.17, 15) is 14.9 Å². The van der Waals surface area contributed by atoms with E-state index in [2.05, 4.69) is 10.6 Å². The predicted molar refractivity (Wildman–Crippen MR) is 82.9 cm³/mol. The van der Waals surface area contributed by atoms with Gasteiger partial charge in [-0.25, -0.2) is 4.79 Å². The average molecular weight is 301 g/mol. The van der Waals surface area contributed by atoms with Crippen LogP contribution in [0, 0.1) is 10.1 Å². The van der Waals surface area contributed by atoms with Crippen LogP contribution in [0.15, 0.2) is 48.5 Å². The molecule has 22 heavy (non-hydrogen) atoms. The van der Waals surface area contributed by atoms with Gasteiger partial charge in [0.2, 0.25) is 0 Å². The van der Waals surface area contributed by atoms with Gasteiger partial charge in [0.1, 0.15) is 0 Å². The number of methoxy groups -OCH3 is 1. The van der Waals surface area contributed by atoms with Crippen molar-refractivity contribution >= 4 is 23.1 Å². The van der Waals surface area contributed by atoms with Crippen LogP contribution in [0.25, 0.3) is 0 Å². The van der Waals surface area contributed by atoms with Crippen LogP contribution in [-0.2, 0) is 11.3 Å². The van der Waals surface area contributed by atoms with Crippen molar-refractivity contribution in [3.8, 4) is 0 Å². The Labute approximate surface area is 127 Å². The van der Waals surface area contributed by atoms with Crippen LogP contribution in [0.3, 0.4) is 0 Å². The molecule has 2 aromatic carbocycles. The second-order valence-electron chi connectivity index (χ2n) is 4.52. The summed E-state index contributed by atoms with van der Waals surface area (Å²) >= 11 is 0. The maximum absolute atomic E-state index is 11.9. The SMILES string of the molecule is COCc1cccc(NC(=O)Nc2cccc([N+](=O)[O-])c2)c1. The molecule has 0 spiro atoms. The Morgan fingerprint density at radius 3 is 2.41 bits per heavy atom. The number of carbonyl (C=O) groups excluding carboxylic acids is 1. The van der Waals surface area contributed by atoms with Gasteiger partial charge in [-0.05, 0) is 23.8 Å². The van der Waals surface area contributed by atoms with E-state index in [0.29, 0.717) is 18.0 Å². The minimum atomic E-state index is -0.517. The Bertz CT molecular complexity index is 688. The zero-order chi connectivity index (χ0) is 15.9. The summed E-state index contributed by atoms with van der Waals surface area (Å²) < 4.78 is 5.03. The van der Waals surface area contributed by atoms with E-state index in [1.807, 2.05) is 6.07 Å². The van der Waals surface area contributed by atoms with Crippen LogP contribution < -0.4 is 10.6 Å². The highest BCUT2D eigenvalue weighted by molar-refractivity contribution is 5.99. The number of hydrogen-bond acceptors (Lipinski definition) is 4. The highest BCUT2D eigenvalue weighted by Gasteiger charge is 2.08. The Hall–Kier alpha value is -2.93. The van der Waals surface area contributed by atoms with E-state index in [1.54, 1.807) is 31.4 Å². The van der Waals surface area contributed by atoms with Crippen molar-refractivity contribution < 1.29 is 14.5 Å². The van der Waals surface area contributed by atoms with Crippen molar-refractivity contribution in [1.29, 1.82) is 0 Å². The first-order valence-electron chi connectivity index (χ1n) is 6.49. The van der Waals surface area contributed by atoms with Gasteiger partial charge in [0, 0.05) is 30.6 Å². The van der Waals surface area contributed by atoms with Gasteiger partial charge in [0.05, 0.1) is 11.5 Å². The summed E-state index contributed by atoms with van der Waals surface area (Å²) in [5.74, 6) is 0. The molecule has 0 aromatic heterocycles. The Balaban J connectivity index is 2.02. The molecular formula is C15H15N3O4. The van der Waals surface area contributed by atoms with Gasteiger partial charge in [-0.2, -0.15) is 0 Å². The van der Waals surface area contributed by atoms with Gasteiger partial charge < -0.3 is 15.4 Å². The van der Waals surface area contributed by atoms with Crippen molar-refractivity contribution in [2.75, 3.05) is 17.7 Å². The summed E-state index contributed by atoms with van der Waals surface area (Å²) in [5, 5.41) is 15.9. The van der Waals surface area contributed by atoms with Crippen LogP contribution in [0.5, 0.6) is 0 Å². The van der Waals surface area contributed by atoms with Crippen LogP contribution in [0.2, 0.25) is 0 Å². The van der Waals surface area contributed by atoms with Crippen molar-refractivity contribution in [3.63, 3.8) is 0 Å². The molecule has 7 heteroatoms. The van der Waals surface area contributed by atoms with E-state index in [1.165, 1.54) is 18.2 Å². The largest absolute Gasteiger partial charge is 0.380 e. The number of benzene rings is 2. The third kappa shape index (κ3) is 4.29. The van der Waals surface area contributed by atoms with Gasteiger partial charge in [0.25, 0.3) is 5.69 Å². The number of urea groups is 1. The number of carbonyl (C=O) groups is 1. The molecule has 0 bridgehead atoms. The summed E-state index contributed by atoms with van der Waals surface area (Å²) in [6.45, 7) is 0.446. The number of nitro benzene ring substituents is 1. The fourth-order valence-corrected chi connectivity index (χ4v) is 1.90. The fourth-order valence-electron chi connectivity index (χ4n) is 1.90. The maximum atomic E-state index is 11.9. The average Bonchev–Trinajstić information content (AvgIpc) is 2.48. The molecule has 114 valence electrons. The lowest BCUT2D eigenvalue weighted by molar-refractivity contribution is -0.384. The highest BCUT2D eigenvalue weighted by atomic mass is 16.6. The highest BCUT2D eigenvalue weighted by Crippen LogP contribution is 2.17. The molecule has 0 radical (unpaired) electrons. The Kier molecular flexibility index (Phi) is 5.05. The zero-order valence-corrected chi connectivity index (χ0v) is 11.9. The van der Waals surface area contributed by atoms with E-state index >= 15 is 0 Å². The molecule has 0 aliphatic carbocycles.